The minimum Gasteiger partial charge on any atom is -0.356 e. The second kappa shape index (κ2) is 11.3. The topological polar surface area (TPSA) is 90.9 Å². The molecule has 0 amide bonds. The van der Waals surface area contributed by atoms with E-state index in [9.17, 15) is 25.8 Å². The summed E-state index contributed by atoms with van der Waals surface area (Å²) in [7, 11) is -4.63. The molecule has 0 bridgehead atoms. The summed E-state index contributed by atoms with van der Waals surface area (Å²) in [6, 6.07) is 0. The van der Waals surface area contributed by atoms with E-state index in [1.165, 1.54) is 0 Å². The Morgan fingerprint density at radius 1 is 1.18 bits per heavy atom. The smallest absolute Gasteiger partial charge is 0.356 e. The van der Waals surface area contributed by atoms with Crippen LogP contribution in [0.1, 0.15) is 33.6 Å². The van der Waals surface area contributed by atoms with Gasteiger partial charge in [-0.3, -0.25) is 9.20 Å². The number of aliphatic imine (C=N–C) groups is 1. The van der Waals surface area contributed by atoms with E-state index < -0.39 is 26.3 Å². The fourth-order valence-corrected chi connectivity index (χ4v) is 4.41. The Balaban J connectivity index is 0.00000729. The molecule has 0 aromatic heterocycles. The van der Waals surface area contributed by atoms with Gasteiger partial charge in [0, 0.05) is 54.5 Å². The molecule has 1 saturated heterocycles. The minimum absolute atomic E-state index is 0. The Bertz CT molecular complexity index is 644. The number of hydrogen-bond donors (Lipinski definition) is 2. The highest BCUT2D eigenvalue weighted by atomic mass is 127. The Kier molecular flexibility index (Phi) is 11.2. The van der Waals surface area contributed by atoms with Crippen molar-refractivity contribution in [3.8, 4) is 0 Å². The van der Waals surface area contributed by atoms with Crippen LogP contribution >= 0.6 is 24.0 Å². The molecule has 168 valence electrons. The highest BCUT2D eigenvalue weighted by Gasteiger charge is 2.50. The highest BCUT2D eigenvalue weighted by Crippen LogP contribution is 2.30. The first-order chi connectivity index (χ1) is 12.3. The van der Waals surface area contributed by atoms with E-state index in [4.69, 9.17) is 0 Å². The van der Waals surface area contributed by atoms with Crippen molar-refractivity contribution >= 4 is 50.8 Å². The molecule has 28 heavy (non-hydrogen) atoms. The van der Waals surface area contributed by atoms with Crippen molar-refractivity contribution in [2.75, 3.05) is 39.0 Å². The molecule has 0 aromatic rings. The number of piperidine rings is 1. The van der Waals surface area contributed by atoms with Crippen molar-refractivity contribution in [2.24, 2.45) is 10.9 Å². The van der Waals surface area contributed by atoms with Gasteiger partial charge in [-0.15, -0.1) is 24.0 Å². The number of halogens is 4. The standard InChI is InChI=1S/C15H29F3N4O3S2.HI/c1-14(2,3)26(23)10-7-20-13(19-4)21-11-12-5-8-22(9-6-12)27(24,25)15(16,17)18;/h12H,5-11H2,1-4H3,(H2,19,20,21);1H. The van der Waals surface area contributed by atoms with Crippen LogP contribution in [-0.4, -0.2) is 72.1 Å². The molecule has 1 aliphatic rings. The molecule has 0 radical (unpaired) electrons. The van der Waals surface area contributed by atoms with E-state index in [0.717, 1.165) is 0 Å². The van der Waals surface area contributed by atoms with Crippen molar-refractivity contribution in [1.82, 2.24) is 14.9 Å². The van der Waals surface area contributed by atoms with Crippen LogP contribution in [0.2, 0.25) is 0 Å². The Labute approximate surface area is 184 Å². The van der Waals surface area contributed by atoms with Gasteiger partial charge < -0.3 is 10.6 Å². The van der Waals surface area contributed by atoms with E-state index in [1.807, 2.05) is 20.8 Å². The lowest BCUT2D eigenvalue weighted by Crippen LogP contribution is -2.47. The van der Waals surface area contributed by atoms with Gasteiger partial charge in [0.25, 0.3) is 0 Å². The molecule has 7 nitrogen and oxygen atoms in total. The van der Waals surface area contributed by atoms with Crippen molar-refractivity contribution in [3.63, 3.8) is 0 Å². The van der Waals surface area contributed by atoms with E-state index in [1.54, 1.807) is 7.05 Å². The van der Waals surface area contributed by atoms with Crippen LogP contribution in [0.15, 0.2) is 4.99 Å². The monoisotopic (exact) mass is 562 g/mol. The summed E-state index contributed by atoms with van der Waals surface area (Å²) < 4.78 is 72.7. The SMILES string of the molecule is CN=C(NCCS(=O)C(C)(C)C)NCC1CCN(S(=O)(=O)C(F)(F)F)CC1.I. The number of sulfonamides is 1. The number of guanidine groups is 1. The number of rotatable bonds is 6. The lowest BCUT2D eigenvalue weighted by Gasteiger charge is -2.31. The largest absolute Gasteiger partial charge is 0.511 e. The molecule has 1 atom stereocenters. The van der Waals surface area contributed by atoms with Crippen LogP contribution in [0.25, 0.3) is 0 Å². The van der Waals surface area contributed by atoms with Gasteiger partial charge in [-0.1, -0.05) is 0 Å². The fraction of sp³-hybridized carbons (Fsp3) is 0.933. The molecule has 0 aliphatic carbocycles. The third-order valence-corrected chi connectivity index (χ3v) is 7.82. The molecule has 2 N–H and O–H groups in total. The minimum atomic E-state index is -5.25. The quantitative estimate of drug-likeness (QED) is 0.293. The summed E-state index contributed by atoms with van der Waals surface area (Å²) in [4.78, 5) is 4.06. The molecular weight excluding hydrogens is 532 g/mol. The fourth-order valence-electron chi connectivity index (χ4n) is 2.53. The maximum absolute atomic E-state index is 12.6. The van der Waals surface area contributed by atoms with Crippen LogP contribution in [0.4, 0.5) is 13.2 Å². The molecule has 1 aliphatic heterocycles. The van der Waals surface area contributed by atoms with Gasteiger partial charge in [0.1, 0.15) is 0 Å². The average Bonchev–Trinajstić information content (AvgIpc) is 2.56. The number of nitrogens with zero attached hydrogens (tertiary/aromatic N) is 2. The van der Waals surface area contributed by atoms with E-state index in [-0.39, 0.29) is 47.7 Å². The first-order valence-electron chi connectivity index (χ1n) is 8.68. The van der Waals surface area contributed by atoms with Gasteiger partial charge in [0.2, 0.25) is 0 Å². The first kappa shape index (κ1) is 27.8. The van der Waals surface area contributed by atoms with Gasteiger partial charge in [-0.25, -0.2) is 8.42 Å². The predicted octanol–water partition coefficient (Wildman–Crippen LogP) is 1.88. The second-order valence-corrected chi connectivity index (χ2v) is 11.6. The van der Waals surface area contributed by atoms with Crippen molar-refractivity contribution in [2.45, 2.75) is 43.9 Å². The van der Waals surface area contributed by atoms with Crippen molar-refractivity contribution in [1.29, 1.82) is 0 Å². The third-order valence-electron chi connectivity index (χ3n) is 4.25. The molecule has 1 fully saturated rings. The average molecular weight is 562 g/mol. The summed E-state index contributed by atoms with van der Waals surface area (Å²) in [5.41, 5.74) is -5.25. The summed E-state index contributed by atoms with van der Waals surface area (Å²) in [6.07, 6.45) is 0.681. The summed E-state index contributed by atoms with van der Waals surface area (Å²) in [6.45, 7) is 6.37. The van der Waals surface area contributed by atoms with Gasteiger partial charge in [-0.2, -0.15) is 17.5 Å². The Morgan fingerprint density at radius 3 is 2.14 bits per heavy atom. The van der Waals surface area contributed by atoms with Gasteiger partial charge in [0.05, 0.1) is 0 Å². The zero-order valence-corrected chi connectivity index (χ0v) is 20.5. The molecule has 0 aromatic carbocycles. The predicted molar refractivity (Wildman–Crippen MR) is 117 cm³/mol. The maximum atomic E-state index is 12.6. The van der Waals surface area contributed by atoms with E-state index >= 15 is 0 Å². The third kappa shape index (κ3) is 8.30. The zero-order valence-electron chi connectivity index (χ0n) is 16.5. The lowest BCUT2D eigenvalue weighted by molar-refractivity contribution is -0.0496. The number of nitrogens with one attached hydrogen (secondary N) is 2. The van der Waals surface area contributed by atoms with Crippen LogP contribution in [0.3, 0.4) is 0 Å². The Morgan fingerprint density at radius 2 is 1.71 bits per heavy atom. The number of alkyl halides is 3. The second-order valence-electron chi connectivity index (χ2n) is 7.34. The molecule has 1 unspecified atom stereocenters. The molecule has 1 heterocycles. The van der Waals surface area contributed by atoms with Crippen LogP contribution in [0.5, 0.6) is 0 Å². The van der Waals surface area contributed by atoms with E-state index in [0.29, 0.717) is 41.9 Å². The maximum Gasteiger partial charge on any atom is 0.511 e. The summed E-state index contributed by atoms with van der Waals surface area (Å²) in [5, 5.41) is 6.14. The van der Waals surface area contributed by atoms with Crippen LogP contribution in [0, 0.1) is 5.92 Å². The number of hydrogen-bond acceptors (Lipinski definition) is 4. The van der Waals surface area contributed by atoms with Crippen molar-refractivity contribution < 1.29 is 25.8 Å². The molecule has 0 spiro atoms. The normalized spacial score (nSPS) is 19.0. The molecule has 0 saturated carbocycles. The summed E-state index contributed by atoms with van der Waals surface area (Å²) in [5.74, 6) is 1.04. The van der Waals surface area contributed by atoms with Crippen molar-refractivity contribution in [3.05, 3.63) is 0 Å². The molecule has 1 rings (SSSR count). The van der Waals surface area contributed by atoms with Crippen LogP contribution < -0.4 is 10.6 Å². The Hall–Kier alpha value is -0.150. The van der Waals surface area contributed by atoms with Gasteiger partial charge in [-0.05, 0) is 39.5 Å². The van der Waals surface area contributed by atoms with Crippen LogP contribution in [-0.2, 0) is 20.8 Å². The summed E-state index contributed by atoms with van der Waals surface area (Å²) >= 11 is 0. The first-order valence-corrected chi connectivity index (χ1v) is 11.4. The molecular formula is C15H30F3IN4O3S2. The molecule has 13 heteroatoms. The van der Waals surface area contributed by atoms with E-state index in [2.05, 4.69) is 15.6 Å². The zero-order chi connectivity index (χ0) is 20.9. The van der Waals surface area contributed by atoms with Gasteiger partial charge >= 0.3 is 15.5 Å². The lowest BCUT2D eigenvalue weighted by atomic mass is 9.98. The van der Waals surface area contributed by atoms with Gasteiger partial charge in [0.15, 0.2) is 5.96 Å². The highest BCUT2D eigenvalue weighted by molar-refractivity contribution is 14.0.